The molecule has 4 aromatic rings. The number of methoxy groups -OCH3 is 2. The van der Waals surface area contributed by atoms with E-state index in [1.165, 1.54) is 0 Å². The molecule has 0 aliphatic carbocycles. The molecular weight excluding hydrogens is 348 g/mol. The van der Waals surface area contributed by atoms with E-state index in [-0.39, 0.29) is 0 Å². The van der Waals surface area contributed by atoms with Gasteiger partial charge < -0.3 is 9.47 Å². The Hall–Kier alpha value is -1.83. The van der Waals surface area contributed by atoms with Crippen molar-refractivity contribution < 1.29 is 9.47 Å². The van der Waals surface area contributed by atoms with E-state index in [0.29, 0.717) is 0 Å². The number of rotatable bonds is 4. The van der Waals surface area contributed by atoms with Gasteiger partial charge in [0.15, 0.2) is 8.68 Å². The summed E-state index contributed by atoms with van der Waals surface area (Å²) in [7, 11) is 3.33. The minimum atomic E-state index is 0.825. The van der Waals surface area contributed by atoms with Crippen LogP contribution >= 0.6 is 34.4 Å². The van der Waals surface area contributed by atoms with Gasteiger partial charge in [-0.15, -0.1) is 22.7 Å². The standard InChI is InChI=1S/C16H12N2O2S3/c1-19-9-3-5-13-11(7-9)17-15(21-13)23-16-18-12-8-10(20-2)4-6-14(12)22-16/h3-8H,1-2H3. The van der Waals surface area contributed by atoms with E-state index >= 15 is 0 Å². The molecule has 4 rings (SSSR count). The molecule has 0 amide bonds. The van der Waals surface area contributed by atoms with Crippen LogP contribution in [0.3, 0.4) is 0 Å². The van der Waals surface area contributed by atoms with Gasteiger partial charge in [-0.2, -0.15) is 0 Å². The predicted octanol–water partition coefficient (Wildman–Crippen LogP) is 5.07. The SMILES string of the molecule is COc1ccc2sc(Sc3nc4cc(OC)ccc4s3)nc2c1. The number of hydrogen-bond acceptors (Lipinski definition) is 7. The van der Waals surface area contributed by atoms with Crippen LogP contribution < -0.4 is 9.47 Å². The van der Waals surface area contributed by atoms with E-state index in [1.807, 2.05) is 36.4 Å². The molecule has 7 heteroatoms. The fraction of sp³-hybridized carbons (Fsp3) is 0.125. The first-order valence-electron chi connectivity index (χ1n) is 6.82. The summed E-state index contributed by atoms with van der Waals surface area (Å²) in [4.78, 5) is 9.33. The maximum absolute atomic E-state index is 5.25. The Kier molecular flexibility index (Phi) is 3.84. The summed E-state index contributed by atoms with van der Waals surface area (Å²) in [5.74, 6) is 1.65. The number of nitrogens with zero attached hydrogens (tertiary/aromatic N) is 2. The molecular formula is C16H12N2O2S3. The molecule has 116 valence electrons. The number of ether oxygens (including phenoxy) is 2. The highest BCUT2D eigenvalue weighted by atomic mass is 32.2. The lowest BCUT2D eigenvalue weighted by Gasteiger charge is -1.96. The van der Waals surface area contributed by atoms with E-state index in [9.17, 15) is 0 Å². The Morgan fingerprint density at radius 3 is 1.70 bits per heavy atom. The summed E-state index contributed by atoms with van der Waals surface area (Å²) >= 11 is 4.93. The minimum Gasteiger partial charge on any atom is -0.497 e. The minimum absolute atomic E-state index is 0.825. The van der Waals surface area contributed by atoms with Crippen molar-refractivity contribution in [2.24, 2.45) is 0 Å². The molecule has 4 nitrogen and oxygen atoms in total. The van der Waals surface area contributed by atoms with Crippen LogP contribution in [-0.2, 0) is 0 Å². The molecule has 2 heterocycles. The van der Waals surface area contributed by atoms with Gasteiger partial charge in [-0.25, -0.2) is 9.97 Å². The molecule has 0 aliphatic heterocycles. The summed E-state index contributed by atoms with van der Waals surface area (Å²) in [5.41, 5.74) is 1.92. The van der Waals surface area contributed by atoms with E-state index in [2.05, 4.69) is 9.97 Å². The first-order chi connectivity index (χ1) is 11.2. The van der Waals surface area contributed by atoms with E-state index < -0.39 is 0 Å². The second kappa shape index (κ2) is 5.99. The summed E-state index contributed by atoms with van der Waals surface area (Å²) < 4.78 is 14.8. The van der Waals surface area contributed by atoms with E-state index in [1.54, 1.807) is 48.7 Å². The number of thiazole rings is 2. The van der Waals surface area contributed by atoms with Crippen LogP contribution in [0.25, 0.3) is 20.4 Å². The quantitative estimate of drug-likeness (QED) is 0.508. The van der Waals surface area contributed by atoms with Crippen molar-refractivity contribution in [3.63, 3.8) is 0 Å². The molecule has 0 saturated heterocycles. The number of benzene rings is 2. The van der Waals surface area contributed by atoms with E-state index in [0.717, 1.165) is 40.6 Å². The first kappa shape index (κ1) is 14.7. The smallest absolute Gasteiger partial charge is 0.158 e. The molecule has 0 saturated carbocycles. The first-order valence-corrected chi connectivity index (χ1v) is 9.27. The summed E-state index contributed by atoms with van der Waals surface area (Å²) in [5, 5.41) is 0. The van der Waals surface area contributed by atoms with Crippen molar-refractivity contribution in [2.45, 2.75) is 8.68 Å². The Morgan fingerprint density at radius 2 is 1.26 bits per heavy atom. The van der Waals surface area contributed by atoms with Gasteiger partial charge in [0.25, 0.3) is 0 Å². The van der Waals surface area contributed by atoms with Gasteiger partial charge in [0.05, 0.1) is 34.7 Å². The van der Waals surface area contributed by atoms with Crippen molar-refractivity contribution in [1.82, 2.24) is 9.97 Å². The largest absolute Gasteiger partial charge is 0.497 e. The number of fused-ring (bicyclic) bond motifs is 2. The highest BCUT2D eigenvalue weighted by Crippen LogP contribution is 2.39. The predicted molar refractivity (Wildman–Crippen MR) is 96.5 cm³/mol. The van der Waals surface area contributed by atoms with Gasteiger partial charge in [-0.3, -0.25) is 0 Å². The maximum Gasteiger partial charge on any atom is 0.158 e. The Bertz CT molecular complexity index is 913. The average Bonchev–Trinajstić information content (AvgIpc) is 3.15. The monoisotopic (exact) mass is 360 g/mol. The topological polar surface area (TPSA) is 44.2 Å². The normalized spacial score (nSPS) is 11.2. The fourth-order valence-corrected chi connectivity index (χ4v) is 5.48. The Labute approximate surface area is 145 Å². The fourth-order valence-electron chi connectivity index (χ4n) is 2.19. The molecule has 0 bridgehead atoms. The molecule has 0 unspecified atom stereocenters. The molecule has 0 atom stereocenters. The molecule has 23 heavy (non-hydrogen) atoms. The van der Waals surface area contributed by atoms with Crippen LogP contribution in [0.15, 0.2) is 45.1 Å². The van der Waals surface area contributed by atoms with Crippen molar-refractivity contribution in [3.8, 4) is 11.5 Å². The van der Waals surface area contributed by atoms with Crippen LogP contribution in [-0.4, -0.2) is 24.2 Å². The van der Waals surface area contributed by atoms with Gasteiger partial charge in [-0.05, 0) is 36.0 Å². The highest BCUT2D eigenvalue weighted by molar-refractivity contribution is 8.02. The van der Waals surface area contributed by atoms with Gasteiger partial charge >= 0.3 is 0 Å². The van der Waals surface area contributed by atoms with Crippen molar-refractivity contribution in [2.75, 3.05) is 14.2 Å². The number of aromatic nitrogens is 2. The second-order valence-corrected chi connectivity index (χ2v) is 8.28. The van der Waals surface area contributed by atoms with Crippen LogP contribution in [0.5, 0.6) is 11.5 Å². The zero-order valence-electron chi connectivity index (χ0n) is 12.4. The van der Waals surface area contributed by atoms with Gasteiger partial charge in [-0.1, -0.05) is 0 Å². The summed E-state index contributed by atoms with van der Waals surface area (Å²) in [6, 6.07) is 11.9. The third-order valence-corrected chi connectivity index (χ3v) is 6.52. The third kappa shape index (κ3) is 2.87. The molecule has 0 N–H and O–H groups in total. The molecule has 0 fully saturated rings. The highest BCUT2D eigenvalue weighted by Gasteiger charge is 2.11. The van der Waals surface area contributed by atoms with Crippen LogP contribution in [0.2, 0.25) is 0 Å². The Balaban J connectivity index is 1.66. The van der Waals surface area contributed by atoms with E-state index in [4.69, 9.17) is 9.47 Å². The molecule has 0 radical (unpaired) electrons. The lowest BCUT2D eigenvalue weighted by atomic mass is 10.3. The zero-order valence-corrected chi connectivity index (χ0v) is 14.8. The van der Waals surface area contributed by atoms with Gasteiger partial charge in [0, 0.05) is 12.1 Å². The molecule has 0 spiro atoms. The lowest BCUT2D eigenvalue weighted by Crippen LogP contribution is -1.81. The second-order valence-electron chi connectivity index (χ2n) is 4.73. The van der Waals surface area contributed by atoms with Crippen LogP contribution in [0, 0.1) is 0 Å². The average molecular weight is 360 g/mol. The maximum atomic E-state index is 5.25. The van der Waals surface area contributed by atoms with Crippen LogP contribution in [0.4, 0.5) is 0 Å². The summed E-state index contributed by atoms with van der Waals surface area (Å²) in [6.07, 6.45) is 0. The zero-order chi connectivity index (χ0) is 15.8. The molecule has 0 aliphatic rings. The van der Waals surface area contributed by atoms with Crippen molar-refractivity contribution in [3.05, 3.63) is 36.4 Å². The third-order valence-electron chi connectivity index (χ3n) is 3.32. The van der Waals surface area contributed by atoms with Crippen molar-refractivity contribution >= 4 is 54.9 Å². The molecule has 2 aromatic heterocycles. The van der Waals surface area contributed by atoms with Crippen molar-refractivity contribution in [1.29, 1.82) is 0 Å². The van der Waals surface area contributed by atoms with Crippen LogP contribution in [0.1, 0.15) is 0 Å². The van der Waals surface area contributed by atoms with Gasteiger partial charge in [0.2, 0.25) is 0 Å². The summed E-state index contributed by atoms with van der Waals surface area (Å²) in [6.45, 7) is 0. The number of hydrogen-bond donors (Lipinski definition) is 0. The lowest BCUT2D eigenvalue weighted by molar-refractivity contribution is 0.415. The van der Waals surface area contributed by atoms with Gasteiger partial charge in [0.1, 0.15) is 11.5 Å². The molecule has 2 aromatic carbocycles. The Morgan fingerprint density at radius 1 is 0.783 bits per heavy atom.